The van der Waals surface area contributed by atoms with E-state index < -0.39 is 16.8 Å². The summed E-state index contributed by atoms with van der Waals surface area (Å²) in [4.78, 5) is 34.9. The van der Waals surface area contributed by atoms with Crippen LogP contribution in [0.25, 0.3) is 0 Å². The lowest BCUT2D eigenvalue weighted by atomic mass is 10.2. The highest BCUT2D eigenvalue weighted by molar-refractivity contribution is 5.95. The van der Waals surface area contributed by atoms with Crippen molar-refractivity contribution in [2.45, 2.75) is 19.8 Å². The number of methoxy groups -OCH3 is 1. The van der Waals surface area contributed by atoms with Gasteiger partial charge >= 0.3 is 5.97 Å². The number of benzene rings is 3. The van der Waals surface area contributed by atoms with Gasteiger partial charge in [0.15, 0.2) is 11.5 Å². The zero-order valence-corrected chi connectivity index (χ0v) is 19.8. The maximum absolute atomic E-state index is 12.5. The first kappa shape index (κ1) is 25.9. The summed E-state index contributed by atoms with van der Waals surface area (Å²) >= 11 is 0. The molecule has 0 heterocycles. The molecular weight excluding hydrogens is 466 g/mol. The lowest BCUT2D eigenvalue weighted by Gasteiger charge is -2.10. The minimum atomic E-state index is -0.551. The summed E-state index contributed by atoms with van der Waals surface area (Å²) in [5.74, 6) is 0.124. The van der Waals surface area contributed by atoms with Crippen molar-refractivity contribution in [2.24, 2.45) is 5.10 Å². The minimum Gasteiger partial charge on any atom is -0.494 e. The van der Waals surface area contributed by atoms with Gasteiger partial charge in [0.25, 0.3) is 11.6 Å². The van der Waals surface area contributed by atoms with Crippen LogP contribution in [0.2, 0.25) is 0 Å². The van der Waals surface area contributed by atoms with Gasteiger partial charge in [-0.05, 0) is 66.6 Å². The molecule has 36 heavy (non-hydrogen) atoms. The van der Waals surface area contributed by atoms with Gasteiger partial charge in [0.05, 0.1) is 30.4 Å². The van der Waals surface area contributed by atoms with Crippen molar-refractivity contribution < 1.29 is 28.7 Å². The Labute approximate surface area is 207 Å². The summed E-state index contributed by atoms with van der Waals surface area (Å²) in [7, 11) is 1.44. The van der Waals surface area contributed by atoms with Crippen LogP contribution in [0.1, 0.15) is 46.0 Å². The van der Waals surface area contributed by atoms with E-state index in [2.05, 4.69) is 17.5 Å². The van der Waals surface area contributed by atoms with Crippen molar-refractivity contribution in [1.29, 1.82) is 0 Å². The number of hydrogen-bond donors (Lipinski definition) is 1. The molecule has 3 aromatic carbocycles. The molecule has 0 aliphatic rings. The first-order valence-electron chi connectivity index (χ1n) is 11.1. The van der Waals surface area contributed by atoms with E-state index in [1.807, 2.05) is 0 Å². The Morgan fingerprint density at radius 3 is 2.33 bits per heavy atom. The minimum absolute atomic E-state index is 0.114. The first-order valence-corrected chi connectivity index (χ1v) is 11.1. The molecule has 3 aromatic rings. The normalized spacial score (nSPS) is 10.6. The summed E-state index contributed by atoms with van der Waals surface area (Å²) < 4.78 is 16.4. The number of carbonyl (C=O) groups excluding carboxylic acids is 2. The molecule has 10 heteroatoms. The second-order valence-electron chi connectivity index (χ2n) is 7.53. The highest BCUT2D eigenvalue weighted by Crippen LogP contribution is 2.28. The third-order valence-corrected chi connectivity index (χ3v) is 4.97. The Morgan fingerprint density at radius 2 is 1.69 bits per heavy atom. The number of unbranched alkanes of at least 4 members (excludes halogenated alkanes) is 1. The van der Waals surface area contributed by atoms with Gasteiger partial charge in [0.2, 0.25) is 0 Å². The number of nitrogens with zero attached hydrogens (tertiary/aromatic N) is 2. The molecule has 0 spiro atoms. The summed E-state index contributed by atoms with van der Waals surface area (Å²) in [5.41, 5.74) is 3.39. The van der Waals surface area contributed by atoms with Crippen molar-refractivity contribution >= 4 is 23.8 Å². The predicted molar refractivity (Wildman–Crippen MR) is 133 cm³/mol. The number of non-ortho nitro benzene ring substituents is 1. The average molecular weight is 492 g/mol. The first-order chi connectivity index (χ1) is 17.4. The molecule has 10 nitrogen and oxygen atoms in total. The van der Waals surface area contributed by atoms with Crippen LogP contribution >= 0.6 is 0 Å². The average Bonchev–Trinajstić information content (AvgIpc) is 2.89. The quantitative estimate of drug-likeness (QED) is 0.102. The number of hydrazone groups is 1. The Bertz CT molecular complexity index is 1240. The van der Waals surface area contributed by atoms with E-state index in [0.29, 0.717) is 29.2 Å². The van der Waals surface area contributed by atoms with E-state index in [0.717, 1.165) is 12.8 Å². The number of nitro groups is 1. The second-order valence-corrected chi connectivity index (χ2v) is 7.53. The van der Waals surface area contributed by atoms with Gasteiger partial charge in [-0.1, -0.05) is 13.3 Å². The number of carbonyl (C=O) groups is 2. The van der Waals surface area contributed by atoms with Crippen LogP contribution in [0.3, 0.4) is 0 Å². The van der Waals surface area contributed by atoms with Crippen LogP contribution < -0.4 is 19.6 Å². The number of ether oxygens (including phenoxy) is 3. The maximum Gasteiger partial charge on any atom is 0.343 e. The van der Waals surface area contributed by atoms with Gasteiger partial charge in [0, 0.05) is 17.7 Å². The lowest BCUT2D eigenvalue weighted by Crippen LogP contribution is -2.17. The molecule has 0 unspecified atom stereocenters. The summed E-state index contributed by atoms with van der Waals surface area (Å²) in [6.45, 7) is 2.70. The van der Waals surface area contributed by atoms with E-state index in [1.165, 1.54) is 37.6 Å². The topological polar surface area (TPSA) is 129 Å². The van der Waals surface area contributed by atoms with Crippen molar-refractivity contribution in [3.63, 3.8) is 0 Å². The van der Waals surface area contributed by atoms with E-state index in [9.17, 15) is 19.7 Å². The molecule has 0 saturated carbocycles. The molecule has 0 bridgehead atoms. The third-order valence-electron chi connectivity index (χ3n) is 4.97. The number of rotatable bonds is 11. The molecule has 0 aliphatic heterocycles. The fraction of sp³-hybridized carbons (Fsp3) is 0.192. The van der Waals surface area contributed by atoms with Crippen molar-refractivity contribution in [2.75, 3.05) is 13.7 Å². The molecule has 1 N–H and O–H groups in total. The highest BCUT2D eigenvalue weighted by atomic mass is 16.6. The van der Waals surface area contributed by atoms with Crippen LogP contribution in [0.15, 0.2) is 71.8 Å². The summed E-state index contributed by atoms with van der Waals surface area (Å²) in [6, 6.07) is 16.6. The van der Waals surface area contributed by atoms with Gasteiger partial charge < -0.3 is 14.2 Å². The molecule has 3 rings (SSSR count). The van der Waals surface area contributed by atoms with Crippen LogP contribution in [0.4, 0.5) is 5.69 Å². The molecule has 0 aromatic heterocycles. The Hall–Kier alpha value is -4.73. The smallest absolute Gasteiger partial charge is 0.343 e. The Kier molecular flexibility index (Phi) is 9.10. The van der Waals surface area contributed by atoms with Crippen LogP contribution in [-0.4, -0.2) is 36.7 Å². The largest absolute Gasteiger partial charge is 0.494 e. The van der Waals surface area contributed by atoms with Gasteiger partial charge in [-0.2, -0.15) is 5.10 Å². The number of nitrogens with one attached hydrogen (secondary N) is 1. The third kappa shape index (κ3) is 7.13. The lowest BCUT2D eigenvalue weighted by molar-refractivity contribution is -0.384. The van der Waals surface area contributed by atoms with Gasteiger partial charge in [-0.3, -0.25) is 14.9 Å². The zero-order chi connectivity index (χ0) is 25.9. The number of esters is 1. The fourth-order valence-electron chi connectivity index (χ4n) is 2.99. The summed E-state index contributed by atoms with van der Waals surface area (Å²) in [5, 5.41) is 14.6. The van der Waals surface area contributed by atoms with E-state index in [-0.39, 0.29) is 17.0 Å². The van der Waals surface area contributed by atoms with Crippen molar-refractivity contribution in [1.82, 2.24) is 5.43 Å². The Morgan fingerprint density at radius 1 is 1.00 bits per heavy atom. The van der Waals surface area contributed by atoms with Gasteiger partial charge in [-0.15, -0.1) is 0 Å². The fourth-order valence-corrected chi connectivity index (χ4v) is 2.99. The number of amides is 1. The Balaban J connectivity index is 1.60. The molecule has 0 fully saturated rings. The molecule has 0 radical (unpaired) electrons. The van der Waals surface area contributed by atoms with Gasteiger partial charge in [-0.25, -0.2) is 10.2 Å². The predicted octanol–water partition coefficient (Wildman–Crippen LogP) is 4.77. The molecule has 0 aliphatic carbocycles. The maximum atomic E-state index is 12.5. The standard InChI is InChI=1S/C26H25N3O7/c1-3-4-15-35-22-12-8-20(9-13-22)26(31)36-23-14-5-18(16-24(23)34-2)17-27-28-25(30)19-6-10-21(11-7-19)29(32)33/h5-14,16-17H,3-4,15H2,1-2H3,(H,28,30)/b27-17-. The van der Waals surface area contributed by atoms with E-state index in [1.54, 1.807) is 42.5 Å². The highest BCUT2D eigenvalue weighted by Gasteiger charge is 2.13. The molecule has 186 valence electrons. The van der Waals surface area contributed by atoms with Crippen molar-refractivity contribution in [3.05, 3.63) is 93.5 Å². The molecule has 0 saturated heterocycles. The SMILES string of the molecule is CCCCOc1ccc(C(=O)Oc2ccc(/C=N\NC(=O)c3ccc([N+](=O)[O-])cc3)cc2OC)cc1. The van der Waals surface area contributed by atoms with E-state index >= 15 is 0 Å². The summed E-state index contributed by atoms with van der Waals surface area (Å²) in [6.07, 6.45) is 3.37. The number of hydrogen-bond acceptors (Lipinski definition) is 8. The van der Waals surface area contributed by atoms with Crippen LogP contribution in [0.5, 0.6) is 17.2 Å². The van der Waals surface area contributed by atoms with Crippen LogP contribution in [-0.2, 0) is 0 Å². The monoisotopic (exact) mass is 491 g/mol. The zero-order valence-electron chi connectivity index (χ0n) is 19.8. The molecule has 0 atom stereocenters. The molecular formula is C26H25N3O7. The number of nitro benzene ring substituents is 1. The van der Waals surface area contributed by atoms with E-state index in [4.69, 9.17) is 14.2 Å². The molecule has 1 amide bonds. The van der Waals surface area contributed by atoms with Crippen molar-refractivity contribution in [3.8, 4) is 17.2 Å². The van der Waals surface area contributed by atoms with Gasteiger partial charge in [0.1, 0.15) is 5.75 Å². The second kappa shape index (κ2) is 12.7. The van der Waals surface area contributed by atoms with Crippen LogP contribution in [0, 0.1) is 10.1 Å².